The van der Waals surface area contributed by atoms with Crippen LogP contribution in [0, 0.1) is 0 Å². The van der Waals surface area contributed by atoms with Gasteiger partial charge in [0.2, 0.25) is 0 Å². The van der Waals surface area contributed by atoms with Gasteiger partial charge in [-0.3, -0.25) is 19.3 Å². The maximum Gasteiger partial charge on any atom is 0.356 e. The third-order valence-electron chi connectivity index (χ3n) is 6.77. The van der Waals surface area contributed by atoms with Crippen LogP contribution in [-0.4, -0.2) is 63.3 Å². The van der Waals surface area contributed by atoms with Crippen molar-refractivity contribution in [2.75, 3.05) is 12.4 Å². The Morgan fingerprint density at radius 1 is 0.976 bits per heavy atom. The fourth-order valence-corrected chi connectivity index (χ4v) is 6.09. The van der Waals surface area contributed by atoms with Crippen LogP contribution in [0.3, 0.4) is 0 Å². The fourth-order valence-electron chi connectivity index (χ4n) is 4.76. The van der Waals surface area contributed by atoms with Crippen LogP contribution in [0.5, 0.6) is 0 Å². The number of hydrogen-bond acceptors (Lipinski definition) is 9. The molecule has 2 heterocycles. The first-order valence-electron chi connectivity index (χ1n) is 13.1. The van der Waals surface area contributed by atoms with Gasteiger partial charge in [0.15, 0.2) is 11.8 Å². The molecule has 2 aliphatic rings. The monoisotopic (exact) mass is 585 g/mol. The standard InChI is InChI=1S/C31H27N3O7S/c1-19(35)40-17-23-18-42-30-25(32-28(36)24(33-39)20-11-5-2-6-12-20)29(37)34(30)26(23)31(38)41-27(21-13-7-3-8-14-21)22-15-9-4-10-16-22/h2-16,25,27,30,39H,17-18H2,1H3,(H,32,36)/t25-,30-/m1/s1. The first-order chi connectivity index (χ1) is 20.4. The molecule has 0 aromatic heterocycles. The van der Waals surface area contributed by atoms with Crippen LogP contribution in [0.15, 0.2) is 107 Å². The van der Waals surface area contributed by atoms with Gasteiger partial charge in [0.25, 0.3) is 11.8 Å². The predicted molar refractivity (Wildman–Crippen MR) is 154 cm³/mol. The zero-order chi connectivity index (χ0) is 29.6. The number of rotatable bonds is 9. The number of nitrogens with zero attached hydrogens (tertiary/aromatic N) is 2. The molecule has 2 aliphatic heterocycles. The third kappa shape index (κ3) is 5.91. The third-order valence-corrected chi connectivity index (χ3v) is 8.11. The molecule has 0 bridgehead atoms. The van der Waals surface area contributed by atoms with E-state index in [1.54, 1.807) is 30.3 Å². The van der Waals surface area contributed by atoms with E-state index in [0.29, 0.717) is 11.1 Å². The predicted octanol–water partition coefficient (Wildman–Crippen LogP) is 3.41. The summed E-state index contributed by atoms with van der Waals surface area (Å²) in [6.45, 7) is 1.06. The molecule has 0 unspecified atom stereocenters. The second-order valence-electron chi connectivity index (χ2n) is 9.51. The highest BCUT2D eigenvalue weighted by molar-refractivity contribution is 8.00. The zero-order valence-corrected chi connectivity index (χ0v) is 23.3. The summed E-state index contributed by atoms with van der Waals surface area (Å²) in [6, 6.07) is 25.8. The van der Waals surface area contributed by atoms with Gasteiger partial charge in [0, 0.05) is 23.8 Å². The SMILES string of the molecule is CC(=O)OCC1=C(C(=O)OC(c2ccccc2)c2ccccc2)N2C(=O)[C@@H](NC(=O)C(=NO)c3ccccc3)[C@H]2SC1. The minimum Gasteiger partial charge on any atom is -0.461 e. The van der Waals surface area contributed by atoms with Gasteiger partial charge in [-0.2, -0.15) is 0 Å². The van der Waals surface area contributed by atoms with E-state index in [0.717, 1.165) is 11.1 Å². The molecule has 214 valence electrons. The smallest absolute Gasteiger partial charge is 0.356 e. The number of oxime groups is 1. The molecule has 2 N–H and O–H groups in total. The maximum atomic E-state index is 13.9. The van der Waals surface area contributed by atoms with Crippen molar-refractivity contribution in [2.24, 2.45) is 5.16 Å². The van der Waals surface area contributed by atoms with Crippen molar-refractivity contribution >= 4 is 41.2 Å². The van der Waals surface area contributed by atoms with Crippen molar-refractivity contribution in [3.63, 3.8) is 0 Å². The Kier molecular flexibility index (Phi) is 8.68. The summed E-state index contributed by atoms with van der Waals surface area (Å²) in [4.78, 5) is 53.1. The molecule has 0 saturated carbocycles. The quantitative estimate of drug-likeness (QED) is 0.128. The number of nitrogens with one attached hydrogen (secondary N) is 1. The van der Waals surface area contributed by atoms with Gasteiger partial charge >= 0.3 is 11.9 Å². The Morgan fingerprint density at radius 2 is 1.55 bits per heavy atom. The van der Waals surface area contributed by atoms with E-state index in [9.17, 15) is 24.4 Å². The van der Waals surface area contributed by atoms with Gasteiger partial charge in [-0.05, 0) is 11.1 Å². The molecule has 3 aromatic carbocycles. The van der Waals surface area contributed by atoms with E-state index in [2.05, 4.69) is 10.5 Å². The van der Waals surface area contributed by atoms with E-state index in [-0.39, 0.29) is 23.8 Å². The molecule has 11 heteroatoms. The van der Waals surface area contributed by atoms with Crippen LogP contribution in [0.2, 0.25) is 0 Å². The van der Waals surface area contributed by atoms with Gasteiger partial charge in [-0.1, -0.05) is 96.2 Å². The van der Waals surface area contributed by atoms with Gasteiger partial charge in [-0.15, -0.1) is 11.8 Å². The normalized spacial score (nSPS) is 18.2. The number of fused-ring (bicyclic) bond motifs is 1. The highest BCUT2D eigenvalue weighted by Gasteiger charge is 2.55. The Morgan fingerprint density at radius 3 is 2.10 bits per heavy atom. The number of carbonyl (C=O) groups excluding carboxylic acids is 4. The summed E-state index contributed by atoms with van der Waals surface area (Å²) in [6.07, 6.45) is -0.767. The number of ether oxygens (including phenoxy) is 2. The van der Waals surface area contributed by atoms with Crippen LogP contribution in [-0.2, 0) is 28.7 Å². The molecule has 0 spiro atoms. The molecule has 3 aromatic rings. The first-order valence-corrected chi connectivity index (χ1v) is 14.1. The minimum absolute atomic E-state index is 0.0218. The summed E-state index contributed by atoms with van der Waals surface area (Å²) in [7, 11) is 0. The Balaban J connectivity index is 1.41. The Hall–Kier alpha value is -4.90. The average molecular weight is 586 g/mol. The van der Waals surface area contributed by atoms with Crippen molar-refractivity contribution < 1.29 is 33.9 Å². The Labute approximate surface area is 246 Å². The van der Waals surface area contributed by atoms with E-state index in [4.69, 9.17) is 9.47 Å². The molecule has 0 aliphatic carbocycles. The van der Waals surface area contributed by atoms with E-state index in [1.165, 1.54) is 23.6 Å². The molecule has 0 radical (unpaired) electrons. The van der Waals surface area contributed by atoms with E-state index >= 15 is 0 Å². The second-order valence-corrected chi connectivity index (χ2v) is 10.6. The number of amides is 2. The summed E-state index contributed by atoms with van der Waals surface area (Å²) in [5, 5.41) is 14.6. The van der Waals surface area contributed by atoms with Gasteiger partial charge in [-0.25, -0.2) is 4.79 Å². The lowest BCUT2D eigenvalue weighted by atomic mass is 10.0. The molecule has 42 heavy (non-hydrogen) atoms. The largest absolute Gasteiger partial charge is 0.461 e. The lowest BCUT2D eigenvalue weighted by Gasteiger charge is -2.49. The number of hydrogen-bond donors (Lipinski definition) is 2. The fraction of sp³-hybridized carbons (Fsp3) is 0.194. The van der Waals surface area contributed by atoms with Gasteiger partial charge < -0.3 is 20.0 Å². The van der Waals surface area contributed by atoms with Crippen molar-refractivity contribution in [3.8, 4) is 0 Å². The maximum absolute atomic E-state index is 13.9. The number of esters is 2. The molecule has 1 fully saturated rings. The van der Waals surface area contributed by atoms with Gasteiger partial charge in [0.1, 0.15) is 23.7 Å². The summed E-state index contributed by atoms with van der Waals surface area (Å²) in [5.41, 5.74) is 1.98. The lowest BCUT2D eigenvalue weighted by molar-refractivity contribution is -0.154. The summed E-state index contributed by atoms with van der Waals surface area (Å²) in [5.74, 6) is -2.34. The van der Waals surface area contributed by atoms with Crippen molar-refractivity contribution in [1.29, 1.82) is 0 Å². The van der Waals surface area contributed by atoms with E-state index in [1.807, 2.05) is 60.7 Å². The average Bonchev–Trinajstić information content (AvgIpc) is 3.02. The number of β-lactam (4-membered cyclic amide) rings is 1. The van der Waals surface area contributed by atoms with Crippen LogP contribution in [0.4, 0.5) is 0 Å². The topological polar surface area (TPSA) is 135 Å². The molecule has 1 saturated heterocycles. The molecule has 2 amide bonds. The zero-order valence-electron chi connectivity index (χ0n) is 22.5. The molecule has 10 nitrogen and oxygen atoms in total. The highest BCUT2D eigenvalue weighted by Crippen LogP contribution is 2.41. The lowest BCUT2D eigenvalue weighted by Crippen LogP contribution is -2.71. The van der Waals surface area contributed by atoms with Crippen LogP contribution < -0.4 is 5.32 Å². The first kappa shape index (κ1) is 28.6. The molecular formula is C31H27N3O7S. The van der Waals surface area contributed by atoms with Crippen LogP contribution in [0.1, 0.15) is 29.7 Å². The molecule has 2 atom stereocenters. The van der Waals surface area contributed by atoms with E-state index < -0.39 is 41.3 Å². The number of benzene rings is 3. The second kappa shape index (κ2) is 12.7. The number of thioether (sulfide) groups is 1. The Bertz CT molecular complexity index is 1500. The van der Waals surface area contributed by atoms with Gasteiger partial charge in [0.05, 0.1) is 0 Å². The van der Waals surface area contributed by atoms with Crippen molar-refractivity contribution in [3.05, 3.63) is 119 Å². The summed E-state index contributed by atoms with van der Waals surface area (Å²) < 4.78 is 11.2. The summed E-state index contributed by atoms with van der Waals surface area (Å²) >= 11 is 1.31. The van der Waals surface area contributed by atoms with Crippen LogP contribution in [0.25, 0.3) is 0 Å². The molecule has 5 rings (SSSR count). The van der Waals surface area contributed by atoms with Crippen molar-refractivity contribution in [1.82, 2.24) is 10.2 Å². The highest BCUT2D eigenvalue weighted by atomic mass is 32.2. The minimum atomic E-state index is -0.986. The number of carbonyl (C=O) groups is 4. The van der Waals surface area contributed by atoms with Crippen LogP contribution >= 0.6 is 11.8 Å². The van der Waals surface area contributed by atoms with Crippen molar-refractivity contribution in [2.45, 2.75) is 24.4 Å². The molecular weight excluding hydrogens is 558 g/mol.